The van der Waals surface area contributed by atoms with Crippen molar-refractivity contribution in [3.8, 4) is 0 Å². The first-order chi connectivity index (χ1) is 4.83. The van der Waals surface area contributed by atoms with Crippen LogP contribution >= 0.6 is 24.3 Å². The van der Waals surface area contributed by atoms with E-state index in [1.54, 1.807) is 0 Å². The predicted molar refractivity (Wildman–Crippen MR) is 25.0 cm³/mol. The summed E-state index contributed by atoms with van der Waals surface area (Å²) in [5.74, 6) is 0. The molecule has 0 aromatic heterocycles. The van der Waals surface area contributed by atoms with Gasteiger partial charge in [-0.3, -0.25) is 4.57 Å². The van der Waals surface area contributed by atoms with Crippen LogP contribution in [0.4, 0.5) is 0 Å². The van der Waals surface area contributed by atoms with Crippen LogP contribution in [0.25, 0.3) is 0 Å². The van der Waals surface area contributed by atoms with Crippen LogP contribution in [-0.2, 0) is 22.3 Å². The van der Waals surface area contributed by atoms with E-state index in [4.69, 9.17) is 0 Å². The molecule has 0 aromatic rings. The Balaban J connectivity index is -0.0000000500. The molecule has 0 N–H and O–H groups in total. The summed E-state index contributed by atoms with van der Waals surface area (Å²) in [5.41, 5.74) is 0. The smallest absolute Gasteiger partial charge is 0.750 e. The van der Waals surface area contributed by atoms with Crippen molar-refractivity contribution in [3.05, 3.63) is 0 Å². The molecule has 0 saturated heterocycles. The molecule has 0 radical (unpaired) electrons. The summed E-state index contributed by atoms with van der Waals surface area (Å²) < 4.78 is 35.4. The van der Waals surface area contributed by atoms with Gasteiger partial charge in [-0.05, 0) is 9.13 Å². The third kappa shape index (κ3) is 27.6. The Morgan fingerprint density at radius 1 is 0.812 bits per heavy atom. The van der Waals surface area contributed by atoms with Gasteiger partial charge in [0.25, 0.3) is 0 Å². The average Bonchev–Trinajstić information content (AvgIpc) is 1.53. The number of rotatable bonds is 4. The van der Waals surface area contributed by atoms with Crippen molar-refractivity contribution in [2.45, 2.75) is 0 Å². The fourth-order valence-electron chi connectivity index (χ4n) is 0.178. The van der Waals surface area contributed by atoms with Gasteiger partial charge in [-0.1, -0.05) is 8.62 Å². The van der Waals surface area contributed by atoms with Crippen molar-refractivity contribution in [2.24, 2.45) is 0 Å². The van der Waals surface area contributed by atoms with Gasteiger partial charge in [-0.15, -0.1) is 0 Å². The summed E-state index contributed by atoms with van der Waals surface area (Å²) in [6, 6.07) is 0. The normalized spacial score (nSPS) is 12.9. The number of hydrogen-bond donors (Lipinski definition) is 0. The maximum absolute atomic E-state index is 10.1. The first-order valence-corrected chi connectivity index (χ1v) is 5.48. The molecule has 0 rings (SSSR count). The monoisotopic (exact) mass is 336 g/mol. The molecule has 0 aliphatic rings. The molecule has 0 fully saturated rings. The summed E-state index contributed by atoms with van der Waals surface area (Å²) in [6.45, 7) is 0. The number of phosphoric acid groups is 1. The van der Waals surface area contributed by atoms with E-state index in [2.05, 4.69) is 8.62 Å². The van der Waals surface area contributed by atoms with E-state index in [1.165, 1.54) is 0 Å². The molecule has 2 atom stereocenters. The maximum atomic E-state index is 10.1. The molecule has 0 heterocycles. The van der Waals surface area contributed by atoms with Gasteiger partial charge in [-0.2, -0.15) is 0 Å². The molecule has 0 aliphatic carbocycles. The first kappa shape index (κ1) is 37.5. The Bertz CT molecular complexity index is 210. The van der Waals surface area contributed by atoms with Crippen LogP contribution in [0.2, 0.25) is 0 Å². The second kappa shape index (κ2) is 20.2. The number of hydrogen-bond acceptors (Lipinski definition) is 8. The molecule has 0 bridgehead atoms. The van der Waals surface area contributed by atoms with Gasteiger partial charge in [0, 0.05) is 0 Å². The van der Waals surface area contributed by atoms with Crippen molar-refractivity contribution in [1.29, 1.82) is 0 Å². The van der Waals surface area contributed by atoms with E-state index in [-0.39, 0.29) is 148 Å². The van der Waals surface area contributed by atoms with Crippen molar-refractivity contribution < 1.29 is 185 Å². The Labute approximate surface area is 204 Å². The van der Waals surface area contributed by atoms with E-state index < -0.39 is 24.3 Å². The zero-order valence-corrected chi connectivity index (χ0v) is 22.3. The SMILES string of the molecule is O=[P+]([O-])OP(=O)([O-])O[P+](=O)[O-].[Na+].[Na+].[Na+].[Na+].[Na+]. The standard InChI is InChI=1S/5Na.HO8P3/c;;;;;1-9(2)7-11(5,6)8-10(3)4/h;;;;;(H,5,6)/q5*+1;/p-1. The minimum atomic E-state index is -5.25. The van der Waals surface area contributed by atoms with Gasteiger partial charge in [-0.25, -0.2) is 0 Å². The minimum Gasteiger partial charge on any atom is -0.750 e. The molecule has 2 unspecified atom stereocenters. The fraction of sp³-hybridized carbons (Fsp3) is 0. The van der Waals surface area contributed by atoms with Crippen LogP contribution < -0.4 is 162 Å². The van der Waals surface area contributed by atoms with E-state index in [9.17, 15) is 28.4 Å². The van der Waals surface area contributed by atoms with E-state index in [1.807, 2.05) is 0 Å². The average molecular weight is 336 g/mol. The van der Waals surface area contributed by atoms with Gasteiger partial charge >= 0.3 is 172 Å². The van der Waals surface area contributed by atoms with Crippen LogP contribution in [0, 0.1) is 0 Å². The molecule has 8 nitrogen and oxygen atoms in total. The predicted octanol–water partition coefficient (Wildman–Crippen LogP) is -16.5. The van der Waals surface area contributed by atoms with Crippen LogP contribution in [0.3, 0.4) is 0 Å². The van der Waals surface area contributed by atoms with Crippen LogP contribution in [0.15, 0.2) is 0 Å². The second-order valence-electron chi connectivity index (χ2n) is 1.06. The van der Waals surface area contributed by atoms with Crippen molar-refractivity contribution >= 4 is 24.3 Å². The Hall–Kier alpha value is 5.23. The second-order valence-corrected chi connectivity index (χ2v) is 4.15. The van der Waals surface area contributed by atoms with Gasteiger partial charge in [0.15, 0.2) is 0 Å². The topological polar surface area (TPSA) is 139 Å². The van der Waals surface area contributed by atoms with Crippen molar-refractivity contribution in [1.82, 2.24) is 0 Å². The largest absolute Gasteiger partial charge is 1.00 e. The third-order valence-corrected chi connectivity index (χ3v) is 3.00. The van der Waals surface area contributed by atoms with Gasteiger partial charge < -0.3 is 14.7 Å². The molecular formula is Na5O8P3+4. The summed E-state index contributed by atoms with van der Waals surface area (Å²) in [5, 5.41) is 0. The Morgan fingerprint density at radius 2 is 1.00 bits per heavy atom. The fourth-order valence-corrected chi connectivity index (χ4v) is 1.87. The molecule has 16 heavy (non-hydrogen) atoms. The summed E-state index contributed by atoms with van der Waals surface area (Å²) in [7, 11) is -12.6. The zero-order valence-electron chi connectivity index (χ0n) is 9.61. The maximum Gasteiger partial charge on any atom is 1.00 e. The summed E-state index contributed by atoms with van der Waals surface area (Å²) in [4.78, 5) is 29.2. The van der Waals surface area contributed by atoms with Crippen LogP contribution in [-0.4, -0.2) is 0 Å². The van der Waals surface area contributed by atoms with E-state index >= 15 is 0 Å². The Kier molecular flexibility index (Phi) is 47.4. The van der Waals surface area contributed by atoms with Gasteiger partial charge in [0.05, 0.1) is 0 Å². The van der Waals surface area contributed by atoms with E-state index in [0.717, 1.165) is 0 Å². The van der Waals surface area contributed by atoms with Gasteiger partial charge in [0.2, 0.25) is 0 Å². The third-order valence-electron chi connectivity index (χ3n) is 0.333. The van der Waals surface area contributed by atoms with E-state index in [0.29, 0.717) is 0 Å². The van der Waals surface area contributed by atoms with Crippen molar-refractivity contribution in [2.75, 3.05) is 0 Å². The molecule has 0 saturated carbocycles. The van der Waals surface area contributed by atoms with Crippen molar-refractivity contribution in [3.63, 3.8) is 0 Å². The molecule has 0 aliphatic heterocycles. The van der Waals surface area contributed by atoms with Crippen LogP contribution in [0.5, 0.6) is 0 Å². The molecule has 0 amide bonds. The molecule has 16 heteroatoms. The minimum absolute atomic E-state index is 0. The molecule has 0 spiro atoms. The quantitative estimate of drug-likeness (QED) is 0.364. The molecule has 64 valence electrons. The molecular weight excluding hydrogens is 336 g/mol. The van der Waals surface area contributed by atoms with Crippen LogP contribution in [0.1, 0.15) is 0 Å². The summed E-state index contributed by atoms with van der Waals surface area (Å²) >= 11 is 0. The van der Waals surface area contributed by atoms with Gasteiger partial charge in [0.1, 0.15) is 0 Å². The first-order valence-electron chi connectivity index (χ1n) is 1.83. The zero-order chi connectivity index (χ0) is 9.07. The Morgan fingerprint density at radius 3 is 1.12 bits per heavy atom. The summed E-state index contributed by atoms with van der Waals surface area (Å²) in [6.07, 6.45) is 0. The molecule has 0 aromatic carbocycles.